The molecule has 0 spiro atoms. The molecule has 0 radical (unpaired) electrons. The summed E-state index contributed by atoms with van der Waals surface area (Å²) in [6.07, 6.45) is 0. The zero-order chi connectivity index (χ0) is 14.3. The topological polar surface area (TPSA) is 70.0 Å². The third-order valence-corrected chi connectivity index (χ3v) is 3.39. The highest BCUT2D eigenvalue weighted by Gasteiger charge is 2.11. The van der Waals surface area contributed by atoms with E-state index in [-0.39, 0.29) is 11.2 Å². The molecule has 1 heterocycles. The minimum absolute atomic E-state index is 0.341. The summed E-state index contributed by atoms with van der Waals surface area (Å²) >= 11 is 0. The summed E-state index contributed by atoms with van der Waals surface area (Å²) in [6.45, 7) is 5.47. The number of hydrogen-bond acceptors (Lipinski definition) is 3. The van der Waals surface area contributed by atoms with Crippen molar-refractivity contribution in [3.05, 3.63) is 55.9 Å². The summed E-state index contributed by atoms with van der Waals surface area (Å²) in [5, 5.41) is 0. The van der Waals surface area contributed by atoms with Crippen LogP contribution >= 0.6 is 0 Å². The molecule has 0 aliphatic rings. The van der Waals surface area contributed by atoms with E-state index in [1.807, 2.05) is 19.9 Å². The largest absolute Gasteiger partial charge is 0.398 e. The highest BCUT2D eigenvalue weighted by Crippen LogP contribution is 2.19. The van der Waals surface area contributed by atoms with E-state index in [1.165, 1.54) is 10.6 Å². The average Bonchev–Trinajstić information content (AvgIpc) is 2.33. The third-order valence-electron chi connectivity index (χ3n) is 3.39. The third kappa shape index (κ3) is 2.07. The van der Waals surface area contributed by atoms with Crippen LogP contribution in [0.3, 0.4) is 0 Å². The Morgan fingerprint density at radius 2 is 1.63 bits per heavy atom. The summed E-state index contributed by atoms with van der Waals surface area (Å²) in [6, 6.07) is 4.98. The lowest BCUT2D eigenvalue weighted by atomic mass is 10.1. The first-order valence-corrected chi connectivity index (χ1v) is 5.99. The van der Waals surface area contributed by atoms with E-state index in [1.54, 1.807) is 20.0 Å². The van der Waals surface area contributed by atoms with Crippen LogP contribution in [0.4, 0.5) is 5.69 Å². The predicted molar refractivity (Wildman–Crippen MR) is 75.9 cm³/mol. The normalized spacial score (nSPS) is 10.7. The molecule has 5 nitrogen and oxygen atoms in total. The Balaban J connectivity index is 2.88. The monoisotopic (exact) mass is 259 g/mol. The molecule has 0 atom stereocenters. The number of hydrogen-bond donors (Lipinski definition) is 1. The van der Waals surface area contributed by atoms with Crippen LogP contribution < -0.4 is 17.0 Å². The molecule has 100 valence electrons. The zero-order valence-electron chi connectivity index (χ0n) is 11.5. The Kier molecular flexibility index (Phi) is 3.06. The predicted octanol–water partition coefficient (Wildman–Crippen LogP) is 1.04. The number of anilines is 1. The van der Waals surface area contributed by atoms with Crippen molar-refractivity contribution in [1.82, 2.24) is 9.13 Å². The fraction of sp³-hybridized carbons (Fsp3) is 0.286. The molecular weight excluding hydrogens is 242 g/mol. The number of nitrogens with zero attached hydrogens (tertiary/aromatic N) is 2. The molecule has 0 saturated carbocycles. The lowest BCUT2D eigenvalue weighted by molar-refractivity contribution is 0.712. The summed E-state index contributed by atoms with van der Waals surface area (Å²) in [5.74, 6) is 0. The van der Waals surface area contributed by atoms with E-state index in [2.05, 4.69) is 0 Å². The van der Waals surface area contributed by atoms with Gasteiger partial charge in [-0.05, 0) is 38.0 Å². The van der Waals surface area contributed by atoms with Crippen molar-refractivity contribution in [3.8, 4) is 5.69 Å². The van der Waals surface area contributed by atoms with Crippen molar-refractivity contribution < 1.29 is 0 Å². The molecule has 0 bridgehead atoms. The number of aryl methyl sites for hydroxylation is 3. The minimum atomic E-state index is -0.364. The van der Waals surface area contributed by atoms with Gasteiger partial charge >= 0.3 is 5.69 Å². The van der Waals surface area contributed by atoms with Gasteiger partial charge in [0.15, 0.2) is 0 Å². The maximum Gasteiger partial charge on any atom is 0.335 e. The van der Waals surface area contributed by atoms with E-state index in [0.29, 0.717) is 17.1 Å². The fourth-order valence-corrected chi connectivity index (χ4v) is 2.05. The van der Waals surface area contributed by atoms with Crippen LogP contribution in [0.15, 0.2) is 27.8 Å². The molecule has 2 N–H and O–H groups in total. The van der Waals surface area contributed by atoms with Gasteiger partial charge in [0.1, 0.15) is 0 Å². The van der Waals surface area contributed by atoms with Crippen molar-refractivity contribution in [2.45, 2.75) is 20.8 Å². The summed E-state index contributed by atoms with van der Waals surface area (Å²) in [4.78, 5) is 24.3. The van der Waals surface area contributed by atoms with Gasteiger partial charge in [0.05, 0.1) is 5.69 Å². The molecular formula is C14H17N3O2. The van der Waals surface area contributed by atoms with Crippen LogP contribution in [0.25, 0.3) is 5.69 Å². The molecule has 0 fully saturated rings. The van der Waals surface area contributed by atoms with E-state index in [0.717, 1.165) is 15.7 Å². The Bertz CT molecular complexity index is 769. The van der Waals surface area contributed by atoms with Crippen LogP contribution in [-0.2, 0) is 7.05 Å². The summed E-state index contributed by atoms with van der Waals surface area (Å²) < 4.78 is 2.59. The molecule has 0 aliphatic carbocycles. The number of aromatic nitrogens is 2. The molecule has 2 rings (SSSR count). The first kappa shape index (κ1) is 13.1. The standard InChI is InChI=1S/C14H17N3O2/c1-8-5-9(2)12(7-11(8)15)17-13(18)6-10(3)16(4)14(17)19/h5-7H,15H2,1-4H3. The van der Waals surface area contributed by atoms with Crippen molar-refractivity contribution in [2.24, 2.45) is 7.05 Å². The Labute approximate surface area is 110 Å². The number of benzene rings is 1. The smallest absolute Gasteiger partial charge is 0.335 e. The van der Waals surface area contributed by atoms with E-state index in [4.69, 9.17) is 5.73 Å². The van der Waals surface area contributed by atoms with Gasteiger partial charge in [-0.25, -0.2) is 9.36 Å². The highest BCUT2D eigenvalue weighted by atomic mass is 16.2. The quantitative estimate of drug-likeness (QED) is 0.778. The molecule has 0 aliphatic heterocycles. The van der Waals surface area contributed by atoms with Gasteiger partial charge < -0.3 is 10.3 Å². The molecule has 19 heavy (non-hydrogen) atoms. The Morgan fingerprint density at radius 3 is 2.26 bits per heavy atom. The van der Waals surface area contributed by atoms with Crippen molar-refractivity contribution in [1.29, 1.82) is 0 Å². The summed E-state index contributed by atoms with van der Waals surface area (Å²) in [5.41, 5.74) is 8.67. The van der Waals surface area contributed by atoms with E-state index < -0.39 is 0 Å². The first-order chi connectivity index (χ1) is 8.82. The number of rotatable bonds is 1. The Hall–Kier alpha value is -2.30. The SMILES string of the molecule is Cc1cc(C)c(-n2c(=O)cc(C)n(C)c2=O)cc1N. The van der Waals surface area contributed by atoms with Gasteiger partial charge in [0, 0.05) is 24.5 Å². The van der Waals surface area contributed by atoms with Gasteiger partial charge in [-0.1, -0.05) is 6.07 Å². The lowest BCUT2D eigenvalue weighted by Gasteiger charge is -2.13. The van der Waals surface area contributed by atoms with Gasteiger partial charge in [-0.2, -0.15) is 0 Å². The van der Waals surface area contributed by atoms with Crippen LogP contribution in [0, 0.1) is 20.8 Å². The average molecular weight is 259 g/mol. The molecule has 0 unspecified atom stereocenters. The molecule has 5 heteroatoms. The maximum absolute atomic E-state index is 12.2. The van der Waals surface area contributed by atoms with Crippen LogP contribution in [0.1, 0.15) is 16.8 Å². The second-order valence-electron chi connectivity index (χ2n) is 4.80. The highest BCUT2D eigenvalue weighted by molar-refractivity contribution is 5.57. The second-order valence-corrected chi connectivity index (χ2v) is 4.80. The zero-order valence-corrected chi connectivity index (χ0v) is 11.5. The van der Waals surface area contributed by atoms with Crippen LogP contribution in [0.5, 0.6) is 0 Å². The van der Waals surface area contributed by atoms with Crippen LogP contribution in [0.2, 0.25) is 0 Å². The fourth-order valence-electron chi connectivity index (χ4n) is 2.05. The number of nitrogen functional groups attached to an aromatic ring is 1. The first-order valence-electron chi connectivity index (χ1n) is 5.99. The lowest BCUT2D eigenvalue weighted by Crippen LogP contribution is -2.38. The van der Waals surface area contributed by atoms with Gasteiger partial charge in [-0.15, -0.1) is 0 Å². The second kappa shape index (κ2) is 4.42. The van der Waals surface area contributed by atoms with Gasteiger partial charge in [0.25, 0.3) is 5.56 Å². The number of nitrogens with two attached hydrogens (primary N) is 1. The molecule has 2 aromatic rings. The van der Waals surface area contributed by atoms with Crippen molar-refractivity contribution in [2.75, 3.05) is 5.73 Å². The van der Waals surface area contributed by atoms with E-state index in [9.17, 15) is 9.59 Å². The maximum atomic E-state index is 12.2. The van der Waals surface area contributed by atoms with Crippen molar-refractivity contribution >= 4 is 5.69 Å². The molecule has 1 aromatic heterocycles. The molecule has 1 aromatic carbocycles. The van der Waals surface area contributed by atoms with E-state index >= 15 is 0 Å². The summed E-state index contributed by atoms with van der Waals surface area (Å²) in [7, 11) is 1.64. The minimum Gasteiger partial charge on any atom is -0.398 e. The van der Waals surface area contributed by atoms with Gasteiger partial charge in [0.2, 0.25) is 0 Å². The van der Waals surface area contributed by atoms with Gasteiger partial charge in [-0.3, -0.25) is 4.79 Å². The molecule has 0 saturated heterocycles. The van der Waals surface area contributed by atoms with Crippen LogP contribution in [-0.4, -0.2) is 9.13 Å². The van der Waals surface area contributed by atoms with Crippen molar-refractivity contribution in [3.63, 3.8) is 0 Å². The Morgan fingerprint density at radius 1 is 1.00 bits per heavy atom. The molecule has 0 amide bonds.